The summed E-state index contributed by atoms with van der Waals surface area (Å²) < 4.78 is 13.7. The second kappa shape index (κ2) is 12.5. The van der Waals surface area contributed by atoms with Gasteiger partial charge in [0, 0.05) is 23.5 Å². The maximum atomic E-state index is 6.87. The number of halogens is 2. The normalized spacial score (nSPS) is 24.4. The highest BCUT2D eigenvalue weighted by atomic mass is 79.9. The van der Waals surface area contributed by atoms with Gasteiger partial charge in [0.2, 0.25) is 0 Å². The first kappa shape index (κ1) is 27.5. The third kappa shape index (κ3) is 5.49. The van der Waals surface area contributed by atoms with Crippen LogP contribution in [0.2, 0.25) is 0 Å². The lowest BCUT2D eigenvalue weighted by Crippen LogP contribution is -2.42. The zero-order valence-corrected chi connectivity index (χ0v) is 26.0. The van der Waals surface area contributed by atoms with Gasteiger partial charge in [-0.1, -0.05) is 119 Å². The van der Waals surface area contributed by atoms with E-state index in [9.17, 15) is 0 Å². The molecule has 0 saturated carbocycles. The summed E-state index contributed by atoms with van der Waals surface area (Å²) in [5.41, 5.74) is 5.06. The summed E-state index contributed by atoms with van der Waals surface area (Å²) in [6, 6.07) is 17.7. The zero-order valence-electron chi connectivity index (χ0n) is 22.8. The summed E-state index contributed by atoms with van der Waals surface area (Å²) in [6.45, 7) is 0. The van der Waals surface area contributed by atoms with Crippen molar-refractivity contribution < 1.29 is 9.47 Å². The number of unbranched alkanes of at least 4 members (excludes halogenated alkanes) is 6. The van der Waals surface area contributed by atoms with Gasteiger partial charge in [-0.3, -0.25) is 0 Å². The van der Waals surface area contributed by atoms with E-state index in [0.717, 1.165) is 61.0 Å². The molecule has 2 aromatic rings. The minimum atomic E-state index is -0.374. The molecule has 0 bridgehead atoms. The van der Waals surface area contributed by atoms with Crippen molar-refractivity contribution in [3.05, 3.63) is 70.8 Å². The molecule has 6 rings (SSSR count). The molecular formula is C33H40Br2N2O2. The van der Waals surface area contributed by atoms with Crippen molar-refractivity contribution in [2.45, 2.75) is 101 Å². The summed E-state index contributed by atoms with van der Waals surface area (Å²) in [5.74, 6) is 1.81. The van der Waals surface area contributed by atoms with E-state index in [1.165, 1.54) is 60.8 Å². The molecule has 0 radical (unpaired) electrons. The van der Waals surface area contributed by atoms with Gasteiger partial charge in [0.15, 0.2) is 11.8 Å². The van der Waals surface area contributed by atoms with Crippen LogP contribution in [0.25, 0.3) is 0 Å². The van der Waals surface area contributed by atoms with Crippen molar-refractivity contribution in [3.8, 4) is 0 Å². The lowest BCUT2D eigenvalue weighted by Gasteiger charge is -2.34. The molecule has 2 aliphatic carbocycles. The number of ether oxygens (including phenoxy) is 2. The first-order chi connectivity index (χ1) is 19.2. The van der Waals surface area contributed by atoms with Crippen molar-refractivity contribution in [1.29, 1.82) is 0 Å². The van der Waals surface area contributed by atoms with Gasteiger partial charge in [-0.05, 0) is 47.9 Å². The number of hydrogen-bond acceptors (Lipinski definition) is 4. The summed E-state index contributed by atoms with van der Waals surface area (Å²) in [6.07, 6.45) is 13.7. The van der Waals surface area contributed by atoms with Gasteiger partial charge in [-0.15, -0.1) is 0 Å². The number of fused-ring (bicyclic) bond motifs is 6. The average Bonchev–Trinajstić information content (AvgIpc) is 3.71. The Morgan fingerprint density at radius 2 is 1.05 bits per heavy atom. The third-order valence-corrected chi connectivity index (χ3v) is 10.2. The maximum absolute atomic E-state index is 6.87. The highest BCUT2D eigenvalue weighted by Crippen LogP contribution is 2.50. The van der Waals surface area contributed by atoms with E-state index in [4.69, 9.17) is 19.5 Å². The second-order valence-corrected chi connectivity index (χ2v) is 13.3. The molecule has 6 heteroatoms. The predicted octanol–water partition coefficient (Wildman–Crippen LogP) is 8.85. The Hall–Kier alpha value is -1.66. The standard InChI is InChI=1S/C33H40Br2N2O2/c34-19-11-3-1-9-17-33(18-10-2-4-12-20-35,31-36-29-25-15-7-5-13-23(25)21-27(29)38-31)32-37-30-26-16-8-6-14-24(26)22-28(30)39-32/h5-8,13-16,27-30H,1-4,9-12,17-22H2. The van der Waals surface area contributed by atoms with Gasteiger partial charge in [0.25, 0.3) is 0 Å². The van der Waals surface area contributed by atoms with Crippen LogP contribution in [0.4, 0.5) is 0 Å². The van der Waals surface area contributed by atoms with E-state index in [0.29, 0.717) is 0 Å². The molecule has 0 saturated heterocycles. The van der Waals surface area contributed by atoms with Crippen LogP contribution in [-0.4, -0.2) is 34.7 Å². The minimum absolute atomic E-state index is 0.0969. The maximum Gasteiger partial charge on any atom is 0.200 e. The molecule has 2 aromatic carbocycles. The topological polar surface area (TPSA) is 43.2 Å². The number of rotatable bonds is 14. The lowest BCUT2D eigenvalue weighted by atomic mass is 9.76. The smallest absolute Gasteiger partial charge is 0.200 e. The lowest BCUT2D eigenvalue weighted by molar-refractivity contribution is 0.155. The number of hydrogen-bond donors (Lipinski definition) is 0. The number of alkyl halides is 2. The van der Waals surface area contributed by atoms with Gasteiger partial charge < -0.3 is 9.47 Å². The van der Waals surface area contributed by atoms with Crippen molar-refractivity contribution in [2.24, 2.45) is 15.4 Å². The Bertz CT molecular complexity index is 1120. The first-order valence-electron chi connectivity index (χ1n) is 15.0. The van der Waals surface area contributed by atoms with Crippen molar-refractivity contribution in [2.75, 3.05) is 10.7 Å². The fourth-order valence-electron chi connectivity index (χ4n) is 7.06. The Balaban J connectivity index is 1.33. The highest BCUT2D eigenvalue weighted by molar-refractivity contribution is 9.09. The van der Waals surface area contributed by atoms with E-state index < -0.39 is 0 Å². The fraction of sp³-hybridized carbons (Fsp3) is 0.576. The van der Waals surface area contributed by atoms with Gasteiger partial charge in [0.05, 0.1) is 0 Å². The van der Waals surface area contributed by atoms with Crippen LogP contribution in [0, 0.1) is 5.41 Å². The van der Waals surface area contributed by atoms with Crippen LogP contribution < -0.4 is 0 Å². The van der Waals surface area contributed by atoms with Gasteiger partial charge in [-0.25, -0.2) is 9.98 Å². The Morgan fingerprint density at radius 3 is 1.51 bits per heavy atom. The van der Waals surface area contributed by atoms with Crippen molar-refractivity contribution in [3.63, 3.8) is 0 Å². The summed E-state index contributed by atoms with van der Waals surface area (Å²) >= 11 is 7.21. The van der Waals surface area contributed by atoms with Crippen molar-refractivity contribution >= 4 is 43.7 Å². The molecule has 39 heavy (non-hydrogen) atoms. The molecule has 0 N–H and O–H groups in total. The van der Waals surface area contributed by atoms with E-state index in [1.54, 1.807) is 0 Å². The molecule has 0 amide bonds. The predicted molar refractivity (Wildman–Crippen MR) is 167 cm³/mol. The SMILES string of the molecule is BrCCCCCCC(CCCCCCBr)(C1=NC2c3ccccc3CC2O1)C1=NC2c3ccccc3CC2O1. The van der Waals surface area contributed by atoms with E-state index >= 15 is 0 Å². The van der Waals surface area contributed by atoms with E-state index in [2.05, 4.69) is 80.4 Å². The molecule has 4 atom stereocenters. The zero-order chi connectivity index (χ0) is 26.7. The Kier molecular flexibility index (Phi) is 8.79. The molecule has 208 valence electrons. The molecule has 4 aliphatic rings. The van der Waals surface area contributed by atoms with Crippen LogP contribution in [-0.2, 0) is 22.3 Å². The monoisotopic (exact) mass is 654 g/mol. The van der Waals surface area contributed by atoms with Gasteiger partial charge in [-0.2, -0.15) is 0 Å². The van der Waals surface area contributed by atoms with Gasteiger partial charge >= 0.3 is 0 Å². The quantitative estimate of drug-likeness (QED) is 0.151. The molecule has 2 aliphatic heterocycles. The summed E-state index contributed by atoms with van der Waals surface area (Å²) in [4.78, 5) is 10.8. The molecule has 4 unspecified atom stereocenters. The van der Waals surface area contributed by atoms with E-state index in [1.807, 2.05) is 0 Å². The summed E-state index contributed by atoms with van der Waals surface area (Å²) in [5, 5.41) is 2.14. The number of nitrogens with zero attached hydrogens (tertiary/aromatic N) is 2. The molecule has 4 nitrogen and oxygen atoms in total. The fourth-order valence-corrected chi connectivity index (χ4v) is 7.85. The number of aliphatic imine (C=N–C) groups is 2. The van der Waals surface area contributed by atoms with Crippen LogP contribution in [0.5, 0.6) is 0 Å². The molecule has 0 fully saturated rings. The van der Waals surface area contributed by atoms with Crippen LogP contribution in [0.1, 0.15) is 98.5 Å². The third-order valence-electron chi connectivity index (χ3n) is 9.13. The number of benzene rings is 2. The highest BCUT2D eigenvalue weighted by Gasteiger charge is 2.54. The molecule has 0 spiro atoms. The van der Waals surface area contributed by atoms with Crippen LogP contribution in [0.15, 0.2) is 58.5 Å². The molecule has 0 aromatic heterocycles. The van der Waals surface area contributed by atoms with Crippen molar-refractivity contribution in [1.82, 2.24) is 0 Å². The Labute approximate surface area is 250 Å². The van der Waals surface area contributed by atoms with Crippen LogP contribution in [0.3, 0.4) is 0 Å². The molecule has 2 heterocycles. The largest absolute Gasteiger partial charge is 0.474 e. The van der Waals surface area contributed by atoms with Crippen LogP contribution >= 0.6 is 31.9 Å². The first-order valence-corrected chi connectivity index (χ1v) is 17.3. The van der Waals surface area contributed by atoms with E-state index in [-0.39, 0.29) is 29.7 Å². The molecular weight excluding hydrogens is 616 g/mol. The summed E-state index contributed by atoms with van der Waals surface area (Å²) in [7, 11) is 0. The second-order valence-electron chi connectivity index (χ2n) is 11.7. The Morgan fingerprint density at radius 1 is 0.615 bits per heavy atom. The average molecular weight is 657 g/mol. The minimum Gasteiger partial charge on any atom is -0.474 e. The van der Waals surface area contributed by atoms with Gasteiger partial charge in [0.1, 0.15) is 29.7 Å².